The summed E-state index contributed by atoms with van der Waals surface area (Å²) in [5.74, 6) is 1.11. The Labute approximate surface area is 119 Å². The molecule has 1 atom stereocenters. The van der Waals surface area contributed by atoms with Gasteiger partial charge in [0.2, 0.25) is 0 Å². The van der Waals surface area contributed by atoms with Gasteiger partial charge in [-0.25, -0.2) is 0 Å². The number of ether oxygens (including phenoxy) is 1. The molecule has 2 nitrogen and oxygen atoms in total. The van der Waals surface area contributed by atoms with Gasteiger partial charge in [-0.1, -0.05) is 36.4 Å². The largest absolute Gasteiger partial charge is 0.489 e. The predicted octanol–water partition coefficient (Wildman–Crippen LogP) is 3.57. The highest BCUT2D eigenvalue weighted by Crippen LogP contribution is 2.28. The van der Waals surface area contributed by atoms with E-state index in [0.29, 0.717) is 6.61 Å². The highest BCUT2D eigenvalue weighted by Gasteiger charge is 2.18. The maximum atomic E-state index is 10.9. The minimum Gasteiger partial charge on any atom is -0.489 e. The number of carbonyl (C=O) groups excluding carboxylic acids is 1. The number of benzene rings is 2. The molecule has 0 aromatic heterocycles. The van der Waals surface area contributed by atoms with Crippen LogP contribution in [0, 0.1) is 5.92 Å². The predicted molar refractivity (Wildman–Crippen MR) is 78.8 cm³/mol. The van der Waals surface area contributed by atoms with Crippen LogP contribution in [0.25, 0.3) is 0 Å². The van der Waals surface area contributed by atoms with Crippen LogP contribution in [0.4, 0.5) is 0 Å². The summed E-state index contributed by atoms with van der Waals surface area (Å²) in [6, 6.07) is 16.4. The van der Waals surface area contributed by atoms with Gasteiger partial charge >= 0.3 is 0 Å². The second-order valence-electron chi connectivity index (χ2n) is 5.34. The van der Waals surface area contributed by atoms with E-state index in [9.17, 15) is 4.79 Å². The van der Waals surface area contributed by atoms with Crippen molar-refractivity contribution in [2.45, 2.75) is 25.9 Å². The third kappa shape index (κ3) is 2.90. The lowest BCUT2D eigenvalue weighted by Gasteiger charge is -2.21. The van der Waals surface area contributed by atoms with E-state index in [-0.39, 0.29) is 5.92 Å². The van der Waals surface area contributed by atoms with E-state index in [2.05, 4.69) is 24.3 Å². The molecule has 2 heteroatoms. The fourth-order valence-electron chi connectivity index (χ4n) is 2.71. The van der Waals surface area contributed by atoms with Crippen molar-refractivity contribution in [2.24, 2.45) is 5.92 Å². The first-order chi connectivity index (χ1) is 9.85. The van der Waals surface area contributed by atoms with E-state index in [0.717, 1.165) is 31.3 Å². The standard InChI is InChI=1S/C18H18O2/c19-12-15-6-7-17-11-18(9-8-16(17)10-15)20-13-14-4-2-1-3-5-14/h1-5,8-9,11-12,15H,6-7,10,13H2. The molecule has 0 spiro atoms. The normalized spacial score (nSPS) is 17.3. The molecule has 0 radical (unpaired) electrons. The van der Waals surface area contributed by atoms with Crippen LogP contribution in [-0.2, 0) is 24.2 Å². The highest BCUT2D eigenvalue weighted by atomic mass is 16.5. The molecule has 0 heterocycles. The highest BCUT2D eigenvalue weighted by molar-refractivity contribution is 5.56. The zero-order chi connectivity index (χ0) is 13.8. The Morgan fingerprint density at radius 2 is 1.95 bits per heavy atom. The molecule has 1 aliphatic rings. The zero-order valence-electron chi connectivity index (χ0n) is 11.4. The van der Waals surface area contributed by atoms with Gasteiger partial charge in [-0.15, -0.1) is 0 Å². The van der Waals surface area contributed by atoms with Gasteiger partial charge < -0.3 is 9.53 Å². The number of hydrogen-bond donors (Lipinski definition) is 0. The molecule has 0 N–H and O–H groups in total. The SMILES string of the molecule is O=CC1CCc2cc(OCc3ccccc3)ccc2C1. The second-order valence-corrected chi connectivity index (χ2v) is 5.34. The Kier molecular flexibility index (Phi) is 3.82. The van der Waals surface area contributed by atoms with Crippen molar-refractivity contribution in [3.8, 4) is 5.75 Å². The zero-order valence-corrected chi connectivity index (χ0v) is 11.4. The van der Waals surface area contributed by atoms with Gasteiger partial charge in [0.25, 0.3) is 0 Å². The van der Waals surface area contributed by atoms with Crippen molar-refractivity contribution < 1.29 is 9.53 Å². The number of aryl methyl sites for hydroxylation is 1. The Bertz CT molecular complexity index is 590. The van der Waals surface area contributed by atoms with Gasteiger partial charge in [0.05, 0.1) is 0 Å². The molecule has 102 valence electrons. The van der Waals surface area contributed by atoms with Crippen molar-refractivity contribution >= 4 is 6.29 Å². The summed E-state index contributed by atoms with van der Waals surface area (Å²) in [5.41, 5.74) is 3.79. The minimum absolute atomic E-state index is 0.193. The molecule has 0 saturated carbocycles. The maximum absolute atomic E-state index is 10.9. The van der Waals surface area contributed by atoms with Gasteiger partial charge in [-0.05, 0) is 48.1 Å². The Hall–Kier alpha value is -2.09. The van der Waals surface area contributed by atoms with E-state index in [1.165, 1.54) is 16.7 Å². The molecule has 0 aliphatic heterocycles. The minimum atomic E-state index is 0.193. The molecule has 0 bridgehead atoms. The van der Waals surface area contributed by atoms with Gasteiger partial charge in [-0.3, -0.25) is 0 Å². The maximum Gasteiger partial charge on any atom is 0.123 e. The lowest BCUT2D eigenvalue weighted by atomic mass is 9.85. The molecule has 0 amide bonds. The molecule has 3 rings (SSSR count). The summed E-state index contributed by atoms with van der Waals surface area (Å²) >= 11 is 0. The molecule has 1 unspecified atom stereocenters. The average Bonchev–Trinajstić information content (AvgIpc) is 2.53. The third-order valence-electron chi connectivity index (χ3n) is 3.89. The van der Waals surface area contributed by atoms with Crippen LogP contribution in [0.3, 0.4) is 0 Å². The summed E-state index contributed by atoms with van der Waals surface area (Å²) in [5, 5.41) is 0. The quantitative estimate of drug-likeness (QED) is 0.791. The van der Waals surface area contributed by atoms with E-state index < -0.39 is 0 Å². The van der Waals surface area contributed by atoms with Crippen LogP contribution in [0.15, 0.2) is 48.5 Å². The molecule has 0 saturated heterocycles. The smallest absolute Gasteiger partial charge is 0.123 e. The molecule has 1 aliphatic carbocycles. The van der Waals surface area contributed by atoms with Crippen molar-refractivity contribution in [2.75, 3.05) is 0 Å². The summed E-state index contributed by atoms with van der Waals surface area (Å²) in [7, 11) is 0. The van der Waals surface area contributed by atoms with Crippen molar-refractivity contribution in [3.63, 3.8) is 0 Å². The van der Waals surface area contributed by atoms with Gasteiger partial charge in [0.1, 0.15) is 18.6 Å². The third-order valence-corrected chi connectivity index (χ3v) is 3.89. The van der Waals surface area contributed by atoms with E-state index in [1.807, 2.05) is 24.3 Å². The fourth-order valence-corrected chi connectivity index (χ4v) is 2.71. The van der Waals surface area contributed by atoms with Crippen LogP contribution in [0.1, 0.15) is 23.1 Å². The molecule has 20 heavy (non-hydrogen) atoms. The molecular weight excluding hydrogens is 248 g/mol. The van der Waals surface area contributed by atoms with E-state index in [4.69, 9.17) is 4.74 Å². The first-order valence-corrected chi connectivity index (χ1v) is 7.09. The average molecular weight is 266 g/mol. The molecular formula is C18H18O2. The summed E-state index contributed by atoms with van der Waals surface area (Å²) in [6.45, 7) is 0.594. The molecule has 0 fully saturated rings. The molecule has 2 aromatic rings. The van der Waals surface area contributed by atoms with Crippen LogP contribution < -0.4 is 4.74 Å². The first kappa shape index (κ1) is 12.9. The Balaban J connectivity index is 1.68. The lowest BCUT2D eigenvalue weighted by molar-refractivity contribution is -0.111. The summed E-state index contributed by atoms with van der Waals surface area (Å²) in [6.07, 6.45) is 3.89. The van der Waals surface area contributed by atoms with Crippen LogP contribution >= 0.6 is 0 Å². The van der Waals surface area contributed by atoms with Gasteiger partial charge in [0, 0.05) is 5.92 Å². The second kappa shape index (κ2) is 5.91. The van der Waals surface area contributed by atoms with E-state index >= 15 is 0 Å². The van der Waals surface area contributed by atoms with Crippen molar-refractivity contribution in [3.05, 3.63) is 65.2 Å². The topological polar surface area (TPSA) is 26.3 Å². The van der Waals surface area contributed by atoms with Crippen LogP contribution in [0.2, 0.25) is 0 Å². The fraction of sp³-hybridized carbons (Fsp3) is 0.278. The number of hydrogen-bond acceptors (Lipinski definition) is 2. The number of carbonyl (C=O) groups is 1. The Morgan fingerprint density at radius 3 is 2.75 bits per heavy atom. The van der Waals surface area contributed by atoms with Crippen LogP contribution in [-0.4, -0.2) is 6.29 Å². The van der Waals surface area contributed by atoms with Crippen molar-refractivity contribution in [1.29, 1.82) is 0 Å². The number of rotatable bonds is 4. The number of aldehydes is 1. The number of fused-ring (bicyclic) bond motifs is 1. The first-order valence-electron chi connectivity index (χ1n) is 7.09. The van der Waals surface area contributed by atoms with Gasteiger partial charge in [0.15, 0.2) is 0 Å². The summed E-state index contributed by atoms with van der Waals surface area (Å²) in [4.78, 5) is 10.9. The Morgan fingerprint density at radius 1 is 1.10 bits per heavy atom. The van der Waals surface area contributed by atoms with E-state index in [1.54, 1.807) is 0 Å². The lowest BCUT2D eigenvalue weighted by Crippen LogP contribution is -2.15. The van der Waals surface area contributed by atoms with Gasteiger partial charge in [-0.2, -0.15) is 0 Å². The monoisotopic (exact) mass is 266 g/mol. The van der Waals surface area contributed by atoms with Crippen molar-refractivity contribution in [1.82, 2.24) is 0 Å². The summed E-state index contributed by atoms with van der Waals surface area (Å²) < 4.78 is 5.84. The van der Waals surface area contributed by atoms with Crippen LogP contribution in [0.5, 0.6) is 5.75 Å². The molecule has 2 aromatic carbocycles.